The number of nitrogen functional groups attached to an aromatic ring is 1. The van der Waals surface area contributed by atoms with Crippen LogP contribution in [0.5, 0.6) is 0 Å². The number of rotatable bonds is 5. The lowest BCUT2D eigenvalue weighted by Crippen LogP contribution is -2.15. The molecule has 0 saturated carbocycles. The van der Waals surface area contributed by atoms with Crippen LogP contribution in [0.4, 0.5) is 26.2 Å². The molecule has 0 bridgehead atoms. The fraction of sp³-hybridized carbons (Fsp3) is 0.250. The maximum absolute atomic E-state index is 14.3. The Morgan fingerprint density at radius 3 is 2.70 bits per heavy atom. The molecular weight excluding hydrogens is 299 g/mol. The maximum Gasteiger partial charge on any atom is 0.411 e. The molecule has 0 aliphatic rings. The maximum atomic E-state index is 14.3. The third-order valence-electron chi connectivity index (χ3n) is 3.15. The second kappa shape index (κ2) is 7.44. The van der Waals surface area contributed by atoms with Crippen molar-refractivity contribution in [3.8, 4) is 0 Å². The molecular formula is C16H19FN4O2. The highest BCUT2D eigenvalue weighted by atomic mass is 19.1. The number of nitrogens with zero attached hydrogens (tertiary/aromatic N) is 1. The van der Waals surface area contributed by atoms with Crippen LogP contribution in [0, 0.1) is 12.7 Å². The second-order valence-electron chi connectivity index (χ2n) is 4.90. The van der Waals surface area contributed by atoms with Crippen LogP contribution >= 0.6 is 0 Å². The number of ether oxygens (including phenoxy) is 1. The molecule has 122 valence electrons. The molecule has 0 aliphatic heterocycles. The van der Waals surface area contributed by atoms with Gasteiger partial charge < -0.3 is 15.8 Å². The van der Waals surface area contributed by atoms with Crippen molar-refractivity contribution in [2.75, 3.05) is 23.0 Å². The van der Waals surface area contributed by atoms with E-state index in [-0.39, 0.29) is 23.7 Å². The third-order valence-corrected chi connectivity index (χ3v) is 3.15. The van der Waals surface area contributed by atoms with Crippen LogP contribution in [0.1, 0.15) is 18.2 Å². The lowest BCUT2D eigenvalue weighted by molar-refractivity contribution is 0.168. The number of halogens is 1. The number of hydrogen-bond donors (Lipinski definition) is 3. The topological polar surface area (TPSA) is 89.3 Å². The summed E-state index contributed by atoms with van der Waals surface area (Å²) in [6.45, 7) is 4.20. The Labute approximate surface area is 133 Å². The first-order valence-electron chi connectivity index (χ1n) is 7.18. The number of aromatic nitrogens is 1. The highest BCUT2D eigenvalue weighted by Crippen LogP contribution is 2.28. The molecule has 2 aromatic rings. The standard InChI is InChI=1S/C16H19FN4O2/c1-3-23-16(22)21-13-7-6-12(14(17)15(13)18)20-9-11-5-4-10(2)19-8-11/h4-8,20H,3,9,18H2,1-2H3,(H,21,22). The third kappa shape index (κ3) is 4.32. The minimum absolute atomic E-state index is 0.148. The molecule has 6 nitrogen and oxygen atoms in total. The quantitative estimate of drug-likeness (QED) is 0.736. The number of aryl methyl sites for hydroxylation is 1. The molecule has 0 saturated heterocycles. The van der Waals surface area contributed by atoms with Gasteiger partial charge >= 0.3 is 6.09 Å². The van der Waals surface area contributed by atoms with Crippen LogP contribution in [0.15, 0.2) is 30.5 Å². The second-order valence-corrected chi connectivity index (χ2v) is 4.90. The summed E-state index contributed by atoms with van der Waals surface area (Å²) in [5, 5.41) is 5.35. The Hall–Kier alpha value is -2.83. The van der Waals surface area contributed by atoms with Crippen molar-refractivity contribution in [3.05, 3.63) is 47.5 Å². The van der Waals surface area contributed by atoms with Gasteiger partial charge in [-0.05, 0) is 37.6 Å². The lowest BCUT2D eigenvalue weighted by atomic mass is 10.2. The molecule has 0 radical (unpaired) electrons. The number of pyridine rings is 1. The van der Waals surface area contributed by atoms with Crippen LogP contribution in [0.2, 0.25) is 0 Å². The first-order valence-corrected chi connectivity index (χ1v) is 7.18. The van der Waals surface area contributed by atoms with Gasteiger partial charge in [0.15, 0.2) is 5.82 Å². The molecule has 1 heterocycles. The van der Waals surface area contributed by atoms with Crippen molar-refractivity contribution in [1.29, 1.82) is 0 Å². The van der Waals surface area contributed by atoms with E-state index in [1.165, 1.54) is 12.1 Å². The highest BCUT2D eigenvalue weighted by Gasteiger charge is 2.13. The van der Waals surface area contributed by atoms with E-state index in [0.717, 1.165) is 11.3 Å². The van der Waals surface area contributed by atoms with E-state index in [0.29, 0.717) is 6.54 Å². The molecule has 0 atom stereocenters. The molecule has 4 N–H and O–H groups in total. The van der Waals surface area contributed by atoms with E-state index in [4.69, 9.17) is 10.5 Å². The fourth-order valence-corrected chi connectivity index (χ4v) is 1.92. The molecule has 7 heteroatoms. The molecule has 1 aromatic heterocycles. The van der Waals surface area contributed by atoms with Gasteiger partial charge in [-0.15, -0.1) is 0 Å². The Morgan fingerprint density at radius 1 is 1.30 bits per heavy atom. The highest BCUT2D eigenvalue weighted by molar-refractivity contribution is 5.90. The molecule has 23 heavy (non-hydrogen) atoms. The Kier molecular flexibility index (Phi) is 5.35. The summed E-state index contributed by atoms with van der Waals surface area (Å²) in [5.74, 6) is -0.626. The Morgan fingerprint density at radius 2 is 2.04 bits per heavy atom. The van der Waals surface area contributed by atoms with Crippen molar-refractivity contribution in [1.82, 2.24) is 4.98 Å². The van der Waals surface area contributed by atoms with Gasteiger partial charge in [-0.1, -0.05) is 6.07 Å². The first kappa shape index (κ1) is 16.5. The van der Waals surface area contributed by atoms with Gasteiger partial charge in [0.1, 0.15) is 0 Å². The van der Waals surface area contributed by atoms with E-state index in [2.05, 4.69) is 15.6 Å². The summed E-state index contributed by atoms with van der Waals surface area (Å²) in [6.07, 6.45) is 1.05. The number of anilines is 3. The van der Waals surface area contributed by atoms with Gasteiger partial charge in [-0.25, -0.2) is 9.18 Å². The van der Waals surface area contributed by atoms with Crippen molar-refractivity contribution in [2.24, 2.45) is 0 Å². The molecule has 0 spiro atoms. The van der Waals surface area contributed by atoms with Gasteiger partial charge in [0, 0.05) is 18.4 Å². The molecule has 2 rings (SSSR count). The van der Waals surface area contributed by atoms with E-state index < -0.39 is 11.9 Å². The summed E-state index contributed by atoms with van der Waals surface area (Å²) in [4.78, 5) is 15.5. The van der Waals surface area contributed by atoms with Gasteiger partial charge in [0.25, 0.3) is 0 Å². The molecule has 1 amide bonds. The van der Waals surface area contributed by atoms with Gasteiger partial charge in [0.05, 0.1) is 23.7 Å². The van der Waals surface area contributed by atoms with Crippen LogP contribution < -0.4 is 16.4 Å². The van der Waals surface area contributed by atoms with Gasteiger partial charge in [-0.2, -0.15) is 0 Å². The lowest BCUT2D eigenvalue weighted by Gasteiger charge is -2.13. The zero-order valence-corrected chi connectivity index (χ0v) is 13.0. The number of carbonyl (C=O) groups is 1. The minimum Gasteiger partial charge on any atom is -0.450 e. The van der Waals surface area contributed by atoms with Crippen molar-refractivity contribution in [2.45, 2.75) is 20.4 Å². The number of benzene rings is 1. The van der Waals surface area contributed by atoms with Crippen molar-refractivity contribution < 1.29 is 13.9 Å². The van der Waals surface area contributed by atoms with E-state index >= 15 is 0 Å². The van der Waals surface area contributed by atoms with Crippen molar-refractivity contribution >= 4 is 23.2 Å². The zero-order valence-electron chi connectivity index (χ0n) is 13.0. The molecule has 0 fully saturated rings. The van der Waals surface area contributed by atoms with E-state index in [9.17, 15) is 9.18 Å². The SMILES string of the molecule is CCOC(=O)Nc1ccc(NCc2ccc(C)nc2)c(F)c1N. The summed E-state index contributed by atoms with van der Waals surface area (Å²) in [6, 6.07) is 6.82. The average molecular weight is 318 g/mol. The van der Waals surface area contributed by atoms with Crippen LogP contribution in [0.3, 0.4) is 0 Å². The largest absolute Gasteiger partial charge is 0.450 e. The predicted octanol–water partition coefficient (Wildman–Crippen LogP) is 3.29. The van der Waals surface area contributed by atoms with E-state index in [1.54, 1.807) is 13.1 Å². The molecule has 0 aliphatic carbocycles. The number of nitrogens with two attached hydrogens (primary N) is 1. The van der Waals surface area contributed by atoms with Crippen LogP contribution in [0.25, 0.3) is 0 Å². The van der Waals surface area contributed by atoms with Gasteiger partial charge in [0.2, 0.25) is 0 Å². The van der Waals surface area contributed by atoms with E-state index in [1.807, 2.05) is 19.1 Å². The number of carbonyl (C=O) groups excluding carboxylic acids is 1. The number of hydrogen-bond acceptors (Lipinski definition) is 5. The minimum atomic E-state index is -0.676. The van der Waals surface area contributed by atoms with Crippen LogP contribution in [-0.4, -0.2) is 17.7 Å². The van der Waals surface area contributed by atoms with Gasteiger partial charge in [-0.3, -0.25) is 10.3 Å². The fourth-order valence-electron chi connectivity index (χ4n) is 1.92. The number of amides is 1. The molecule has 1 aromatic carbocycles. The van der Waals surface area contributed by atoms with Crippen LogP contribution in [-0.2, 0) is 11.3 Å². The van der Waals surface area contributed by atoms with Crippen molar-refractivity contribution in [3.63, 3.8) is 0 Å². The first-order chi connectivity index (χ1) is 11.0. The summed E-state index contributed by atoms with van der Waals surface area (Å²) < 4.78 is 19.0. The molecule has 0 unspecified atom stereocenters. The Bertz CT molecular complexity index is 689. The summed E-state index contributed by atoms with van der Waals surface area (Å²) in [7, 11) is 0. The summed E-state index contributed by atoms with van der Waals surface area (Å²) in [5.41, 5.74) is 7.82. The normalized spacial score (nSPS) is 10.2. The predicted molar refractivity (Wildman–Crippen MR) is 87.8 cm³/mol. The summed E-state index contributed by atoms with van der Waals surface area (Å²) >= 11 is 0. The monoisotopic (exact) mass is 318 g/mol. The zero-order chi connectivity index (χ0) is 16.8. The average Bonchev–Trinajstić information content (AvgIpc) is 2.53. The Balaban J connectivity index is 2.07. The smallest absolute Gasteiger partial charge is 0.411 e. The number of nitrogens with one attached hydrogen (secondary N) is 2.